The van der Waals surface area contributed by atoms with Gasteiger partial charge in [0.2, 0.25) is 0 Å². The van der Waals surface area contributed by atoms with Crippen molar-refractivity contribution in [3.8, 4) is 0 Å². The van der Waals surface area contributed by atoms with Gasteiger partial charge in [0.1, 0.15) is 0 Å². The van der Waals surface area contributed by atoms with Crippen LogP contribution in [0.1, 0.15) is 98.8 Å². The first-order valence-electron chi connectivity index (χ1n) is 14.0. The van der Waals surface area contributed by atoms with Crippen molar-refractivity contribution in [3.63, 3.8) is 0 Å². The van der Waals surface area contributed by atoms with Crippen LogP contribution in [-0.2, 0) is 0 Å². The van der Waals surface area contributed by atoms with Crippen molar-refractivity contribution < 1.29 is 15.3 Å². The van der Waals surface area contributed by atoms with Crippen LogP contribution in [0, 0.1) is 56.7 Å². The Morgan fingerprint density at radius 2 is 1.52 bits per heavy atom. The van der Waals surface area contributed by atoms with Gasteiger partial charge in [-0.15, -0.1) is 0 Å². The van der Waals surface area contributed by atoms with Crippen molar-refractivity contribution in [2.75, 3.05) is 13.2 Å². The summed E-state index contributed by atoms with van der Waals surface area (Å²) in [6.45, 7) is 17.0. The largest absolute Gasteiger partial charge is 0.396 e. The first-order valence-corrected chi connectivity index (χ1v) is 14.0. The molecule has 5 fully saturated rings. The molecule has 5 aliphatic carbocycles. The van der Waals surface area contributed by atoms with Crippen LogP contribution in [0.4, 0.5) is 0 Å². The van der Waals surface area contributed by atoms with Gasteiger partial charge in [-0.1, -0.05) is 39.8 Å². The Morgan fingerprint density at radius 1 is 0.788 bits per heavy atom. The van der Waals surface area contributed by atoms with E-state index in [0.29, 0.717) is 36.2 Å². The molecule has 11 atom stereocenters. The van der Waals surface area contributed by atoms with E-state index in [4.69, 9.17) is 0 Å². The first kappa shape index (κ1) is 24.3. The van der Waals surface area contributed by atoms with E-state index in [-0.39, 0.29) is 39.8 Å². The van der Waals surface area contributed by atoms with Gasteiger partial charge in [0.25, 0.3) is 0 Å². The Bertz CT molecular complexity index is 808. The Morgan fingerprint density at radius 3 is 2.15 bits per heavy atom. The van der Waals surface area contributed by atoms with Crippen molar-refractivity contribution in [3.05, 3.63) is 12.2 Å². The molecule has 0 heterocycles. The first-order chi connectivity index (χ1) is 15.4. The molecule has 5 saturated carbocycles. The van der Waals surface area contributed by atoms with Gasteiger partial charge in [-0.05, 0) is 122 Å². The second-order valence-electron chi connectivity index (χ2n) is 14.4. The molecular weight excluding hydrogens is 408 g/mol. The molecule has 0 saturated heterocycles. The Hall–Kier alpha value is -0.380. The summed E-state index contributed by atoms with van der Waals surface area (Å²) in [6, 6.07) is 0. The smallest absolute Gasteiger partial charge is 0.0618 e. The zero-order chi connectivity index (χ0) is 24.0. The molecule has 0 unspecified atom stereocenters. The van der Waals surface area contributed by atoms with Gasteiger partial charge in [-0.2, -0.15) is 0 Å². The number of allylic oxidation sites excluding steroid dienone is 1. The number of aliphatic hydroxyl groups excluding tert-OH is 3. The molecule has 0 radical (unpaired) electrons. The summed E-state index contributed by atoms with van der Waals surface area (Å²) in [4.78, 5) is 0. The molecule has 3 nitrogen and oxygen atoms in total. The van der Waals surface area contributed by atoms with Crippen LogP contribution in [-0.4, -0.2) is 34.6 Å². The zero-order valence-corrected chi connectivity index (χ0v) is 22.0. The third-order valence-corrected chi connectivity index (χ3v) is 13.7. The van der Waals surface area contributed by atoms with E-state index in [0.717, 1.165) is 19.3 Å². The number of fused-ring (bicyclic) bond motifs is 7. The van der Waals surface area contributed by atoms with Crippen LogP contribution in [0.5, 0.6) is 0 Å². The van der Waals surface area contributed by atoms with Gasteiger partial charge >= 0.3 is 0 Å². The molecule has 0 aliphatic heterocycles. The Balaban J connectivity index is 1.55. The third-order valence-electron chi connectivity index (χ3n) is 13.7. The highest BCUT2D eigenvalue weighted by atomic mass is 16.3. The van der Waals surface area contributed by atoms with Gasteiger partial charge < -0.3 is 15.3 Å². The van der Waals surface area contributed by atoms with Crippen molar-refractivity contribution in [2.45, 2.75) is 105 Å². The van der Waals surface area contributed by atoms with E-state index in [2.05, 4.69) is 41.2 Å². The normalized spacial score (nSPS) is 58.1. The standard InChI is InChI=1S/C30H50O3/c1-19(2)20-9-14-30(18-32)16-15-28(5)21(25(20)30)7-8-23-26(3)12-11-24(33)27(4,17-31)22(26)10-13-29(23,28)6/h20-25,31-33H,1,7-18H2,2-6H3/t20-,21-,22+,23-,24+,25+,26-,27+,28+,29-,30+/m0/s1. The minimum Gasteiger partial charge on any atom is -0.396 e. The van der Waals surface area contributed by atoms with E-state index in [1.54, 1.807) is 0 Å². The Kier molecular flexibility index (Phi) is 5.57. The topological polar surface area (TPSA) is 60.7 Å². The molecule has 33 heavy (non-hydrogen) atoms. The van der Waals surface area contributed by atoms with Crippen LogP contribution in [0.3, 0.4) is 0 Å². The minimum atomic E-state index is -0.383. The summed E-state index contributed by atoms with van der Waals surface area (Å²) >= 11 is 0. The molecule has 5 rings (SSSR count). The van der Waals surface area contributed by atoms with Crippen LogP contribution < -0.4 is 0 Å². The van der Waals surface area contributed by atoms with Gasteiger partial charge in [-0.25, -0.2) is 0 Å². The third kappa shape index (κ3) is 2.85. The monoisotopic (exact) mass is 458 g/mol. The lowest BCUT2D eigenvalue weighted by atomic mass is 9.32. The summed E-state index contributed by atoms with van der Waals surface area (Å²) in [5.41, 5.74) is 1.83. The maximum Gasteiger partial charge on any atom is 0.0618 e. The molecule has 188 valence electrons. The van der Waals surface area contributed by atoms with Crippen molar-refractivity contribution >= 4 is 0 Å². The number of rotatable bonds is 3. The molecule has 0 spiro atoms. The van der Waals surface area contributed by atoms with Crippen molar-refractivity contribution in [1.82, 2.24) is 0 Å². The fraction of sp³-hybridized carbons (Fsp3) is 0.933. The lowest BCUT2D eigenvalue weighted by molar-refractivity contribution is -0.255. The van der Waals surface area contributed by atoms with Crippen molar-refractivity contribution in [1.29, 1.82) is 0 Å². The number of hydrogen-bond donors (Lipinski definition) is 3. The predicted molar refractivity (Wildman–Crippen MR) is 133 cm³/mol. The summed E-state index contributed by atoms with van der Waals surface area (Å²) in [5, 5.41) is 32.0. The summed E-state index contributed by atoms with van der Waals surface area (Å²) in [7, 11) is 0. The van der Waals surface area contributed by atoms with Crippen LogP contribution in [0.15, 0.2) is 12.2 Å². The van der Waals surface area contributed by atoms with E-state index in [9.17, 15) is 15.3 Å². The fourth-order valence-electron chi connectivity index (χ4n) is 11.6. The molecule has 3 heteroatoms. The SMILES string of the molecule is C=C(C)[C@@H]1CC[C@]2(CO)CC[C@]3(C)[C@@H](CC[C@H]4[C@@]5(C)CC[C@@H](O)[C@](C)(CO)[C@@H]5CC[C@@]43C)[C@@H]12. The molecule has 5 aliphatic rings. The van der Waals surface area contributed by atoms with Gasteiger partial charge in [0.15, 0.2) is 0 Å². The molecule has 0 aromatic heterocycles. The lowest BCUT2D eigenvalue weighted by Gasteiger charge is -2.73. The van der Waals surface area contributed by atoms with Crippen LogP contribution in [0.25, 0.3) is 0 Å². The second-order valence-corrected chi connectivity index (χ2v) is 14.4. The highest BCUT2D eigenvalue weighted by Crippen LogP contribution is 2.77. The van der Waals surface area contributed by atoms with E-state index in [1.165, 1.54) is 50.5 Å². The summed E-state index contributed by atoms with van der Waals surface area (Å²) in [6.07, 6.45) is 11.2. The van der Waals surface area contributed by atoms with Crippen molar-refractivity contribution in [2.24, 2.45) is 56.7 Å². The summed E-state index contributed by atoms with van der Waals surface area (Å²) in [5.74, 6) is 2.86. The molecular formula is C30H50O3. The average Bonchev–Trinajstić information content (AvgIpc) is 3.17. The van der Waals surface area contributed by atoms with Gasteiger partial charge in [-0.3, -0.25) is 0 Å². The van der Waals surface area contributed by atoms with Gasteiger partial charge in [0, 0.05) is 12.0 Å². The number of hydrogen-bond acceptors (Lipinski definition) is 3. The predicted octanol–water partition coefficient (Wildman–Crippen LogP) is 5.97. The summed E-state index contributed by atoms with van der Waals surface area (Å²) < 4.78 is 0. The minimum absolute atomic E-state index is 0.0964. The number of aliphatic hydroxyl groups is 3. The van der Waals surface area contributed by atoms with Crippen LogP contribution >= 0.6 is 0 Å². The zero-order valence-electron chi connectivity index (χ0n) is 22.0. The molecule has 0 bridgehead atoms. The van der Waals surface area contributed by atoms with Gasteiger partial charge in [0.05, 0.1) is 12.7 Å². The van der Waals surface area contributed by atoms with E-state index < -0.39 is 0 Å². The molecule has 0 aromatic carbocycles. The molecule has 3 N–H and O–H groups in total. The van der Waals surface area contributed by atoms with E-state index >= 15 is 0 Å². The quantitative estimate of drug-likeness (QED) is 0.457. The molecule has 0 aromatic rings. The highest BCUT2D eigenvalue weighted by Gasteiger charge is 2.71. The highest BCUT2D eigenvalue weighted by molar-refractivity contribution is 5.21. The average molecular weight is 459 g/mol. The fourth-order valence-corrected chi connectivity index (χ4v) is 11.6. The lowest BCUT2D eigenvalue weighted by Crippen LogP contribution is -2.67. The maximum atomic E-state index is 10.9. The second kappa shape index (κ2) is 7.56. The Labute approximate surface area is 202 Å². The van der Waals surface area contributed by atoms with E-state index in [1.807, 2.05) is 0 Å². The molecule has 0 amide bonds. The van der Waals surface area contributed by atoms with Crippen LogP contribution in [0.2, 0.25) is 0 Å². The maximum absolute atomic E-state index is 10.9.